The van der Waals surface area contributed by atoms with Gasteiger partial charge in [-0.25, -0.2) is 4.79 Å². The van der Waals surface area contributed by atoms with E-state index in [1.807, 2.05) is 24.5 Å². The first-order valence-corrected chi connectivity index (χ1v) is 10.2. The fourth-order valence-electron chi connectivity index (χ4n) is 3.57. The molecule has 1 aliphatic rings. The zero-order chi connectivity index (χ0) is 21.3. The number of hydrogen-bond acceptors (Lipinski definition) is 5. The Morgan fingerprint density at radius 2 is 1.87 bits per heavy atom. The number of ether oxygens (including phenoxy) is 1. The second-order valence-electron chi connectivity index (χ2n) is 7.42. The topological polar surface area (TPSA) is 95.6 Å². The highest BCUT2D eigenvalue weighted by Crippen LogP contribution is 2.28. The molecule has 3 amide bonds. The first kappa shape index (κ1) is 21.6. The number of carbonyl (C=O) groups excluding carboxylic acids is 2. The van der Waals surface area contributed by atoms with Gasteiger partial charge in [0.15, 0.2) is 0 Å². The summed E-state index contributed by atoms with van der Waals surface area (Å²) in [6.07, 6.45) is 6.47. The summed E-state index contributed by atoms with van der Waals surface area (Å²) in [6.45, 7) is 4.36. The highest BCUT2D eigenvalue weighted by Gasteiger charge is 2.21. The van der Waals surface area contributed by atoms with Gasteiger partial charge in [0.1, 0.15) is 5.75 Å². The van der Waals surface area contributed by atoms with Gasteiger partial charge in [0, 0.05) is 50.7 Å². The summed E-state index contributed by atoms with van der Waals surface area (Å²) in [4.78, 5) is 30.2. The Balaban J connectivity index is 1.46. The van der Waals surface area contributed by atoms with Crippen LogP contribution in [0.5, 0.6) is 5.75 Å². The van der Waals surface area contributed by atoms with E-state index >= 15 is 0 Å². The fourth-order valence-corrected chi connectivity index (χ4v) is 3.57. The molecule has 3 N–H and O–H groups in total. The molecule has 2 heterocycles. The molecule has 0 unspecified atom stereocenters. The van der Waals surface area contributed by atoms with Gasteiger partial charge in [0.25, 0.3) is 0 Å². The van der Waals surface area contributed by atoms with E-state index < -0.39 is 0 Å². The van der Waals surface area contributed by atoms with E-state index in [-0.39, 0.29) is 18.0 Å². The molecule has 160 valence electrons. The lowest BCUT2D eigenvalue weighted by molar-refractivity contribution is -0.114. The van der Waals surface area contributed by atoms with Crippen LogP contribution in [0.1, 0.15) is 25.3 Å². The molecule has 1 saturated heterocycles. The number of likely N-dealkylation sites (tertiary alicyclic amines) is 1. The van der Waals surface area contributed by atoms with E-state index in [1.54, 1.807) is 18.2 Å². The third-order valence-corrected chi connectivity index (χ3v) is 5.16. The van der Waals surface area contributed by atoms with Crippen LogP contribution < -0.4 is 20.7 Å². The van der Waals surface area contributed by atoms with Gasteiger partial charge in [0.2, 0.25) is 5.91 Å². The van der Waals surface area contributed by atoms with Crippen LogP contribution in [0.15, 0.2) is 42.7 Å². The van der Waals surface area contributed by atoms with Gasteiger partial charge >= 0.3 is 6.03 Å². The maximum absolute atomic E-state index is 12.5. The quantitative estimate of drug-likeness (QED) is 0.651. The Morgan fingerprint density at radius 3 is 2.53 bits per heavy atom. The maximum atomic E-state index is 12.5. The highest BCUT2D eigenvalue weighted by molar-refractivity contribution is 5.94. The first-order chi connectivity index (χ1) is 14.5. The monoisotopic (exact) mass is 411 g/mol. The summed E-state index contributed by atoms with van der Waals surface area (Å²) in [5, 5.41) is 8.58. The van der Waals surface area contributed by atoms with E-state index in [4.69, 9.17) is 4.74 Å². The number of methoxy groups -OCH3 is 1. The smallest absolute Gasteiger partial charge is 0.319 e. The molecule has 1 aliphatic heterocycles. The van der Waals surface area contributed by atoms with Crippen LogP contribution in [0.3, 0.4) is 0 Å². The van der Waals surface area contributed by atoms with Crippen LogP contribution in [0.25, 0.3) is 0 Å². The molecule has 30 heavy (non-hydrogen) atoms. The van der Waals surface area contributed by atoms with E-state index in [1.165, 1.54) is 19.6 Å². The van der Waals surface area contributed by atoms with Gasteiger partial charge in [-0.3, -0.25) is 9.78 Å². The Hall–Kier alpha value is -3.13. The number of rotatable bonds is 7. The molecular weight excluding hydrogens is 382 g/mol. The summed E-state index contributed by atoms with van der Waals surface area (Å²) in [5.74, 6) is 0.358. The number of piperidine rings is 1. The number of carbonyl (C=O) groups is 2. The van der Waals surface area contributed by atoms with Crippen LogP contribution in [-0.4, -0.2) is 54.6 Å². The zero-order valence-corrected chi connectivity index (χ0v) is 17.5. The van der Waals surface area contributed by atoms with Crippen LogP contribution in [0.2, 0.25) is 0 Å². The number of nitrogens with zero attached hydrogens (tertiary/aromatic N) is 2. The fraction of sp³-hybridized carbons (Fsp3) is 0.409. The predicted molar refractivity (Wildman–Crippen MR) is 117 cm³/mol. The molecule has 0 aliphatic carbocycles. The summed E-state index contributed by atoms with van der Waals surface area (Å²) < 4.78 is 5.31. The number of hydrogen-bond donors (Lipinski definition) is 3. The van der Waals surface area contributed by atoms with Crippen LogP contribution >= 0.6 is 0 Å². The zero-order valence-electron chi connectivity index (χ0n) is 17.5. The van der Waals surface area contributed by atoms with E-state index in [9.17, 15) is 9.59 Å². The molecule has 1 aromatic heterocycles. The van der Waals surface area contributed by atoms with Gasteiger partial charge in [-0.05, 0) is 55.2 Å². The summed E-state index contributed by atoms with van der Waals surface area (Å²) in [5.41, 5.74) is 2.40. The molecule has 0 saturated carbocycles. The Labute approximate surface area is 177 Å². The lowest BCUT2D eigenvalue weighted by Gasteiger charge is -2.32. The van der Waals surface area contributed by atoms with Gasteiger partial charge in [0.05, 0.1) is 12.8 Å². The molecule has 0 bridgehead atoms. The largest absolute Gasteiger partial charge is 0.495 e. The molecule has 8 nitrogen and oxygen atoms in total. The van der Waals surface area contributed by atoms with E-state index in [0.29, 0.717) is 17.1 Å². The molecule has 2 aromatic rings. The molecule has 3 rings (SSSR count). The Bertz CT molecular complexity index is 851. The lowest BCUT2D eigenvalue weighted by atomic mass is 10.0. The van der Waals surface area contributed by atoms with Crippen LogP contribution in [0, 0.1) is 0 Å². The minimum absolute atomic E-state index is 0.131. The third-order valence-electron chi connectivity index (χ3n) is 5.16. The second-order valence-corrected chi connectivity index (χ2v) is 7.42. The number of anilines is 2. The predicted octanol–water partition coefficient (Wildman–Crippen LogP) is 2.88. The van der Waals surface area contributed by atoms with Crippen molar-refractivity contribution in [3.8, 4) is 5.75 Å². The summed E-state index contributed by atoms with van der Waals surface area (Å²) in [7, 11) is 1.54. The number of aromatic nitrogens is 1. The minimum Gasteiger partial charge on any atom is -0.495 e. The molecule has 0 atom stereocenters. The molecule has 8 heteroatoms. The Kier molecular flexibility index (Phi) is 7.62. The van der Waals surface area contributed by atoms with E-state index in [2.05, 4.69) is 25.8 Å². The molecule has 0 spiro atoms. The Morgan fingerprint density at radius 1 is 1.13 bits per heavy atom. The van der Waals surface area contributed by atoms with Gasteiger partial charge in [-0.2, -0.15) is 0 Å². The normalized spacial score (nSPS) is 14.7. The van der Waals surface area contributed by atoms with Crippen molar-refractivity contribution < 1.29 is 14.3 Å². The third kappa shape index (κ3) is 6.45. The molecule has 0 radical (unpaired) electrons. The second kappa shape index (κ2) is 10.6. The van der Waals surface area contributed by atoms with Crippen molar-refractivity contribution in [1.82, 2.24) is 15.2 Å². The summed E-state index contributed by atoms with van der Waals surface area (Å²) >= 11 is 0. The number of benzene rings is 1. The van der Waals surface area contributed by atoms with Crippen LogP contribution in [-0.2, 0) is 11.2 Å². The lowest BCUT2D eigenvalue weighted by Crippen LogP contribution is -2.46. The number of amides is 3. The van der Waals surface area contributed by atoms with Crippen molar-refractivity contribution in [3.05, 3.63) is 48.3 Å². The molecular formula is C22H29N5O3. The van der Waals surface area contributed by atoms with Crippen molar-refractivity contribution in [2.24, 2.45) is 0 Å². The van der Waals surface area contributed by atoms with Gasteiger partial charge in [-0.1, -0.05) is 0 Å². The van der Waals surface area contributed by atoms with Gasteiger partial charge in [-0.15, -0.1) is 0 Å². The van der Waals surface area contributed by atoms with E-state index in [0.717, 1.165) is 38.9 Å². The van der Waals surface area contributed by atoms with Crippen molar-refractivity contribution in [3.63, 3.8) is 0 Å². The SMILES string of the molecule is COc1ccc(NC(C)=O)cc1NC(=O)NC1CCN(CCc2ccncc2)CC1. The molecule has 1 fully saturated rings. The van der Waals surface area contributed by atoms with Crippen molar-refractivity contribution in [1.29, 1.82) is 0 Å². The average Bonchev–Trinajstić information content (AvgIpc) is 2.74. The minimum atomic E-state index is -0.275. The van der Waals surface area contributed by atoms with Crippen molar-refractivity contribution in [2.75, 3.05) is 37.4 Å². The summed E-state index contributed by atoms with van der Waals surface area (Å²) in [6, 6.07) is 9.08. The van der Waals surface area contributed by atoms with Crippen molar-refractivity contribution in [2.45, 2.75) is 32.2 Å². The number of nitrogens with one attached hydrogen (secondary N) is 3. The maximum Gasteiger partial charge on any atom is 0.319 e. The standard InChI is InChI=1S/C22H29N5O3/c1-16(28)24-19-3-4-21(30-2)20(15-19)26-22(29)25-18-8-13-27(14-9-18)12-7-17-5-10-23-11-6-17/h3-6,10-11,15,18H,7-9,12-14H2,1-2H3,(H,24,28)(H2,25,26,29). The van der Waals surface area contributed by atoms with Crippen LogP contribution in [0.4, 0.5) is 16.2 Å². The van der Waals surface area contributed by atoms with Crippen molar-refractivity contribution >= 4 is 23.3 Å². The molecule has 1 aromatic carbocycles. The number of urea groups is 1. The van der Waals surface area contributed by atoms with Gasteiger partial charge < -0.3 is 25.6 Å². The highest BCUT2D eigenvalue weighted by atomic mass is 16.5. The number of pyridine rings is 1. The first-order valence-electron chi connectivity index (χ1n) is 10.2. The average molecular weight is 412 g/mol.